The summed E-state index contributed by atoms with van der Waals surface area (Å²) in [5.41, 5.74) is 7.59. The Balaban J connectivity index is 1.81. The lowest BCUT2D eigenvalue weighted by Crippen LogP contribution is -2.27. The van der Waals surface area contributed by atoms with Gasteiger partial charge in [-0.05, 0) is 48.7 Å². The van der Waals surface area contributed by atoms with Crippen LogP contribution in [0.25, 0.3) is 0 Å². The second-order valence-corrected chi connectivity index (χ2v) is 6.10. The van der Waals surface area contributed by atoms with Crippen LogP contribution in [0, 0.1) is 0 Å². The predicted molar refractivity (Wildman–Crippen MR) is 86.9 cm³/mol. The molecule has 0 unspecified atom stereocenters. The molecule has 0 atom stereocenters. The Hall–Kier alpha value is -1.71. The Morgan fingerprint density at radius 3 is 2.29 bits per heavy atom. The number of hydrogen-bond acceptors (Lipinski definition) is 2. The van der Waals surface area contributed by atoms with E-state index in [1.54, 1.807) is 18.2 Å². The standard InChI is InChI=1S/C16H14Cl2N2O/c17-13-6-5-12(9-14(13)18)20-15(21)16(7-8-16)10-1-3-11(19)4-2-10/h1-6,9H,7-8,19H2,(H,20,21). The van der Waals surface area contributed by atoms with Gasteiger partial charge in [0, 0.05) is 11.4 Å². The molecule has 3 rings (SSSR count). The number of halogens is 2. The number of nitrogens with two attached hydrogens (primary N) is 1. The first-order chi connectivity index (χ1) is 10.0. The van der Waals surface area contributed by atoms with Crippen molar-refractivity contribution in [1.29, 1.82) is 0 Å². The van der Waals surface area contributed by atoms with Crippen LogP contribution in [0.5, 0.6) is 0 Å². The summed E-state index contributed by atoms with van der Waals surface area (Å²) in [4.78, 5) is 12.6. The lowest BCUT2D eigenvalue weighted by atomic mass is 9.94. The summed E-state index contributed by atoms with van der Waals surface area (Å²) in [5, 5.41) is 3.80. The smallest absolute Gasteiger partial charge is 0.235 e. The minimum atomic E-state index is -0.445. The first kappa shape index (κ1) is 14.2. The topological polar surface area (TPSA) is 55.1 Å². The molecule has 2 aromatic carbocycles. The maximum Gasteiger partial charge on any atom is 0.235 e. The molecular weight excluding hydrogens is 307 g/mol. The molecule has 0 spiro atoms. The molecule has 0 radical (unpaired) electrons. The average Bonchev–Trinajstić information content (AvgIpc) is 3.25. The summed E-state index contributed by atoms with van der Waals surface area (Å²) in [6.07, 6.45) is 1.67. The van der Waals surface area contributed by atoms with Crippen molar-refractivity contribution in [3.63, 3.8) is 0 Å². The van der Waals surface area contributed by atoms with E-state index in [9.17, 15) is 4.79 Å². The fraction of sp³-hybridized carbons (Fsp3) is 0.188. The van der Waals surface area contributed by atoms with Gasteiger partial charge in [-0.2, -0.15) is 0 Å². The number of amides is 1. The summed E-state index contributed by atoms with van der Waals surface area (Å²) in [7, 11) is 0. The van der Waals surface area contributed by atoms with Crippen molar-refractivity contribution in [3.05, 3.63) is 58.1 Å². The Labute approximate surface area is 133 Å². The van der Waals surface area contributed by atoms with Gasteiger partial charge in [-0.25, -0.2) is 0 Å². The summed E-state index contributed by atoms with van der Waals surface area (Å²) in [6, 6.07) is 12.5. The van der Waals surface area contributed by atoms with Crippen molar-refractivity contribution in [2.75, 3.05) is 11.1 Å². The molecule has 1 aliphatic carbocycles. The molecule has 3 nitrogen and oxygen atoms in total. The number of benzene rings is 2. The van der Waals surface area contributed by atoms with Crippen molar-refractivity contribution in [1.82, 2.24) is 0 Å². The molecule has 0 bridgehead atoms. The average molecular weight is 321 g/mol. The molecule has 21 heavy (non-hydrogen) atoms. The number of nitrogen functional groups attached to an aromatic ring is 1. The van der Waals surface area contributed by atoms with Crippen molar-refractivity contribution in [3.8, 4) is 0 Å². The van der Waals surface area contributed by atoms with E-state index in [1.807, 2.05) is 24.3 Å². The van der Waals surface area contributed by atoms with Gasteiger partial charge >= 0.3 is 0 Å². The highest BCUT2D eigenvalue weighted by atomic mass is 35.5. The van der Waals surface area contributed by atoms with Gasteiger partial charge in [0.25, 0.3) is 0 Å². The number of carbonyl (C=O) groups excluding carboxylic acids is 1. The van der Waals surface area contributed by atoms with Gasteiger partial charge in [0.15, 0.2) is 0 Å². The summed E-state index contributed by atoms with van der Waals surface area (Å²) >= 11 is 11.8. The van der Waals surface area contributed by atoms with Gasteiger partial charge in [0.05, 0.1) is 15.5 Å². The molecule has 1 aliphatic rings. The Morgan fingerprint density at radius 2 is 1.71 bits per heavy atom. The normalized spacial score (nSPS) is 15.5. The molecule has 5 heteroatoms. The van der Waals surface area contributed by atoms with E-state index in [0.29, 0.717) is 21.4 Å². The minimum absolute atomic E-state index is 0.0225. The Bertz CT molecular complexity index is 694. The van der Waals surface area contributed by atoms with Gasteiger partial charge in [-0.15, -0.1) is 0 Å². The van der Waals surface area contributed by atoms with E-state index in [-0.39, 0.29) is 5.91 Å². The molecule has 1 fully saturated rings. The van der Waals surface area contributed by atoms with E-state index in [2.05, 4.69) is 5.32 Å². The summed E-state index contributed by atoms with van der Waals surface area (Å²) < 4.78 is 0. The van der Waals surface area contributed by atoms with Crippen LogP contribution in [-0.4, -0.2) is 5.91 Å². The van der Waals surface area contributed by atoms with Crippen LogP contribution >= 0.6 is 23.2 Å². The van der Waals surface area contributed by atoms with Crippen molar-refractivity contribution in [2.45, 2.75) is 18.3 Å². The fourth-order valence-electron chi connectivity index (χ4n) is 2.40. The fourth-order valence-corrected chi connectivity index (χ4v) is 2.70. The second-order valence-electron chi connectivity index (χ2n) is 5.29. The zero-order chi connectivity index (χ0) is 15.0. The van der Waals surface area contributed by atoms with Crippen LogP contribution in [0.1, 0.15) is 18.4 Å². The van der Waals surface area contributed by atoms with Crippen LogP contribution in [0.4, 0.5) is 11.4 Å². The van der Waals surface area contributed by atoms with Crippen LogP contribution in [0.3, 0.4) is 0 Å². The number of nitrogens with one attached hydrogen (secondary N) is 1. The van der Waals surface area contributed by atoms with Gasteiger partial charge in [0.2, 0.25) is 5.91 Å². The van der Waals surface area contributed by atoms with Crippen molar-refractivity contribution in [2.24, 2.45) is 0 Å². The maximum absolute atomic E-state index is 12.6. The Morgan fingerprint density at radius 1 is 1.05 bits per heavy atom. The molecule has 3 N–H and O–H groups in total. The van der Waals surface area contributed by atoms with Crippen molar-refractivity contribution >= 4 is 40.5 Å². The molecule has 1 saturated carbocycles. The summed E-state index contributed by atoms with van der Waals surface area (Å²) in [6.45, 7) is 0. The third kappa shape index (κ3) is 2.71. The van der Waals surface area contributed by atoms with E-state index in [0.717, 1.165) is 18.4 Å². The van der Waals surface area contributed by atoms with Crippen molar-refractivity contribution < 1.29 is 4.79 Å². The number of carbonyl (C=O) groups is 1. The zero-order valence-corrected chi connectivity index (χ0v) is 12.7. The molecule has 0 aromatic heterocycles. The van der Waals surface area contributed by atoms with Gasteiger partial charge in [-0.3, -0.25) is 4.79 Å². The molecule has 0 heterocycles. The summed E-state index contributed by atoms with van der Waals surface area (Å²) in [5.74, 6) is -0.0225. The lowest BCUT2D eigenvalue weighted by Gasteiger charge is -2.16. The van der Waals surface area contributed by atoms with Gasteiger partial charge in [-0.1, -0.05) is 35.3 Å². The van der Waals surface area contributed by atoms with Crippen LogP contribution in [-0.2, 0) is 10.2 Å². The Kier molecular flexibility index (Phi) is 3.56. The number of rotatable bonds is 3. The highest BCUT2D eigenvalue weighted by Gasteiger charge is 2.51. The maximum atomic E-state index is 12.6. The van der Waals surface area contributed by atoms with E-state index in [4.69, 9.17) is 28.9 Å². The molecule has 1 amide bonds. The van der Waals surface area contributed by atoms with Gasteiger partial charge in [0.1, 0.15) is 0 Å². The molecular formula is C16H14Cl2N2O. The van der Waals surface area contributed by atoms with Crippen LogP contribution in [0.2, 0.25) is 10.0 Å². The van der Waals surface area contributed by atoms with E-state index >= 15 is 0 Å². The SMILES string of the molecule is Nc1ccc(C2(C(=O)Nc3ccc(Cl)c(Cl)c3)CC2)cc1. The third-order valence-corrected chi connectivity index (χ3v) is 4.56. The van der Waals surface area contributed by atoms with Crippen LogP contribution in [0.15, 0.2) is 42.5 Å². The van der Waals surface area contributed by atoms with E-state index < -0.39 is 5.41 Å². The minimum Gasteiger partial charge on any atom is -0.399 e. The van der Waals surface area contributed by atoms with Gasteiger partial charge < -0.3 is 11.1 Å². The van der Waals surface area contributed by atoms with Crippen LogP contribution < -0.4 is 11.1 Å². The molecule has 2 aromatic rings. The monoisotopic (exact) mass is 320 g/mol. The molecule has 108 valence electrons. The first-order valence-corrected chi connectivity index (χ1v) is 7.39. The van der Waals surface area contributed by atoms with E-state index in [1.165, 1.54) is 0 Å². The molecule has 0 saturated heterocycles. The number of anilines is 2. The molecule has 0 aliphatic heterocycles. The largest absolute Gasteiger partial charge is 0.399 e. The third-order valence-electron chi connectivity index (χ3n) is 3.83. The first-order valence-electron chi connectivity index (χ1n) is 6.64. The second kappa shape index (κ2) is 5.24. The highest BCUT2D eigenvalue weighted by molar-refractivity contribution is 6.42. The lowest BCUT2D eigenvalue weighted by molar-refractivity contribution is -0.118. The number of hydrogen-bond donors (Lipinski definition) is 2. The zero-order valence-electron chi connectivity index (χ0n) is 11.2. The predicted octanol–water partition coefficient (Wildman–Crippen LogP) is 4.25. The quantitative estimate of drug-likeness (QED) is 0.831. The highest BCUT2D eigenvalue weighted by Crippen LogP contribution is 2.49.